The van der Waals surface area contributed by atoms with E-state index < -0.39 is 0 Å². The molecule has 1 fully saturated rings. The van der Waals surface area contributed by atoms with Crippen LogP contribution in [0.3, 0.4) is 0 Å². The SMILES string of the molecule is CCOc1ccccc1-c1cc(CNC2CC2)no1. The highest BCUT2D eigenvalue weighted by Crippen LogP contribution is 2.30. The maximum Gasteiger partial charge on any atom is 0.170 e. The van der Waals surface area contributed by atoms with Crippen molar-refractivity contribution in [2.75, 3.05) is 6.61 Å². The number of para-hydroxylation sites is 1. The highest BCUT2D eigenvalue weighted by molar-refractivity contribution is 5.65. The number of benzene rings is 1. The first kappa shape index (κ1) is 12.2. The van der Waals surface area contributed by atoms with Crippen LogP contribution in [0.25, 0.3) is 11.3 Å². The molecule has 4 nitrogen and oxygen atoms in total. The summed E-state index contributed by atoms with van der Waals surface area (Å²) in [6.07, 6.45) is 2.55. The fourth-order valence-electron chi connectivity index (χ4n) is 2.01. The highest BCUT2D eigenvalue weighted by Gasteiger charge is 2.21. The zero-order valence-electron chi connectivity index (χ0n) is 11.1. The van der Waals surface area contributed by atoms with Crippen molar-refractivity contribution < 1.29 is 9.26 Å². The van der Waals surface area contributed by atoms with E-state index in [9.17, 15) is 0 Å². The predicted molar refractivity (Wildman–Crippen MR) is 73.0 cm³/mol. The average molecular weight is 258 g/mol. The van der Waals surface area contributed by atoms with Crippen molar-refractivity contribution in [1.82, 2.24) is 10.5 Å². The number of nitrogens with zero attached hydrogens (tertiary/aromatic N) is 1. The van der Waals surface area contributed by atoms with Crippen LogP contribution in [0.15, 0.2) is 34.9 Å². The summed E-state index contributed by atoms with van der Waals surface area (Å²) >= 11 is 0. The van der Waals surface area contributed by atoms with Gasteiger partial charge in [0, 0.05) is 18.7 Å². The summed E-state index contributed by atoms with van der Waals surface area (Å²) in [4.78, 5) is 0. The van der Waals surface area contributed by atoms with Gasteiger partial charge in [-0.05, 0) is 31.9 Å². The Labute approximate surface area is 112 Å². The molecule has 0 radical (unpaired) electrons. The molecule has 0 aliphatic heterocycles. The van der Waals surface area contributed by atoms with Crippen molar-refractivity contribution in [2.24, 2.45) is 0 Å². The van der Waals surface area contributed by atoms with E-state index in [1.807, 2.05) is 37.3 Å². The van der Waals surface area contributed by atoms with Crippen LogP contribution < -0.4 is 10.1 Å². The Bertz CT molecular complexity index is 547. The van der Waals surface area contributed by atoms with E-state index in [1.54, 1.807) is 0 Å². The van der Waals surface area contributed by atoms with Gasteiger partial charge in [-0.15, -0.1) is 0 Å². The Balaban J connectivity index is 1.77. The third kappa shape index (κ3) is 2.96. The fraction of sp³-hybridized carbons (Fsp3) is 0.400. The first-order valence-corrected chi connectivity index (χ1v) is 6.78. The Kier molecular flexibility index (Phi) is 3.51. The summed E-state index contributed by atoms with van der Waals surface area (Å²) < 4.78 is 11.0. The molecule has 1 aliphatic carbocycles. The summed E-state index contributed by atoms with van der Waals surface area (Å²) in [5.74, 6) is 1.60. The Morgan fingerprint density at radius 3 is 3.00 bits per heavy atom. The van der Waals surface area contributed by atoms with Crippen LogP contribution in [0, 0.1) is 0 Å². The molecule has 1 N–H and O–H groups in total. The van der Waals surface area contributed by atoms with Gasteiger partial charge in [0.05, 0.1) is 17.9 Å². The van der Waals surface area contributed by atoms with Crippen LogP contribution in [0.5, 0.6) is 5.75 Å². The van der Waals surface area contributed by atoms with E-state index in [0.717, 1.165) is 29.3 Å². The topological polar surface area (TPSA) is 47.3 Å². The lowest BCUT2D eigenvalue weighted by Crippen LogP contribution is -2.15. The van der Waals surface area contributed by atoms with Crippen LogP contribution in [0.4, 0.5) is 0 Å². The third-order valence-corrected chi connectivity index (χ3v) is 3.16. The third-order valence-electron chi connectivity index (χ3n) is 3.16. The van der Waals surface area contributed by atoms with Crippen LogP contribution in [0.2, 0.25) is 0 Å². The molecule has 100 valence electrons. The maximum atomic E-state index is 5.61. The molecular formula is C15H18N2O2. The molecule has 19 heavy (non-hydrogen) atoms. The van der Waals surface area contributed by atoms with Gasteiger partial charge in [0.1, 0.15) is 5.75 Å². The second-order valence-electron chi connectivity index (χ2n) is 4.77. The monoisotopic (exact) mass is 258 g/mol. The van der Waals surface area contributed by atoms with Crippen LogP contribution >= 0.6 is 0 Å². The van der Waals surface area contributed by atoms with Crippen molar-refractivity contribution in [1.29, 1.82) is 0 Å². The largest absolute Gasteiger partial charge is 0.493 e. The second kappa shape index (κ2) is 5.45. The zero-order chi connectivity index (χ0) is 13.1. The lowest BCUT2D eigenvalue weighted by Gasteiger charge is -2.06. The minimum Gasteiger partial charge on any atom is -0.493 e. The van der Waals surface area contributed by atoms with Gasteiger partial charge in [-0.25, -0.2) is 0 Å². The predicted octanol–water partition coefficient (Wildman–Crippen LogP) is 2.99. The normalized spacial score (nSPS) is 14.6. The van der Waals surface area contributed by atoms with Gasteiger partial charge in [0.25, 0.3) is 0 Å². The number of aromatic nitrogens is 1. The summed E-state index contributed by atoms with van der Waals surface area (Å²) in [5, 5.41) is 7.52. The fourth-order valence-corrected chi connectivity index (χ4v) is 2.01. The maximum absolute atomic E-state index is 5.61. The van der Waals surface area contributed by atoms with Crippen molar-refractivity contribution in [2.45, 2.75) is 32.4 Å². The van der Waals surface area contributed by atoms with Crippen molar-refractivity contribution in [3.63, 3.8) is 0 Å². The van der Waals surface area contributed by atoms with E-state index in [4.69, 9.17) is 9.26 Å². The standard InChI is InChI=1S/C15H18N2O2/c1-2-18-14-6-4-3-5-13(14)15-9-12(17-19-15)10-16-11-7-8-11/h3-6,9,11,16H,2,7-8,10H2,1H3. The van der Waals surface area contributed by atoms with E-state index >= 15 is 0 Å². The molecule has 0 unspecified atom stereocenters. The van der Waals surface area contributed by atoms with Crippen molar-refractivity contribution >= 4 is 0 Å². The number of nitrogens with one attached hydrogen (secondary N) is 1. The first-order valence-electron chi connectivity index (χ1n) is 6.78. The molecule has 1 saturated carbocycles. The summed E-state index contributed by atoms with van der Waals surface area (Å²) in [5.41, 5.74) is 1.89. The first-order chi connectivity index (χ1) is 9.36. The van der Waals surface area contributed by atoms with Crippen LogP contribution in [-0.2, 0) is 6.54 Å². The van der Waals surface area contributed by atoms with Gasteiger partial charge in [-0.1, -0.05) is 17.3 Å². The number of ether oxygens (including phenoxy) is 1. The molecular weight excluding hydrogens is 240 g/mol. The smallest absolute Gasteiger partial charge is 0.170 e. The molecule has 1 aromatic carbocycles. The molecule has 0 bridgehead atoms. The van der Waals surface area contributed by atoms with Crippen molar-refractivity contribution in [3.8, 4) is 17.1 Å². The van der Waals surface area contributed by atoms with Gasteiger partial charge in [-0.3, -0.25) is 0 Å². The van der Waals surface area contributed by atoms with Crippen LogP contribution in [0.1, 0.15) is 25.5 Å². The van der Waals surface area contributed by atoms with Gasteiger partial charge in [0.15, 0.2) is 5.76 Å². The van der Waals surface area contributed by atoms with E-state index in [0.29, 0.717) is 12.6 Å². The lowest BCUT2D eigenvalue weighted by molar-refractivity contribution is 0.339. The molecule has 0 amide bonds. The van der Waals surface area contributed by atoms with E-state index in [2.05, 4.69) is 10.5 Å². The Morgan fingerprint density at radius 2 is 2.21 bits per heavy atom. The van der Waals surface area contributed by atoms with Gasteiger partial charge in [0.2, 0.25) is 0 Å². The van der Waals surface area contributed by atoms with Crippen molar-refractivity contribution in [3.05, 3.63) is 36.0 Å². The molecule has 4 heteroatoms. The van der Waals surface area contributed by atoms with Gasteiger partial charge in [-0.2, -0.15) is 0 Å². The van der Waals surface area contributed by atoms with Crippen LogP contribution in [-0.4, -0.2) is 17.8 Å². The average Bonchev–Trinajstić information content (AvgIpc) is 3.15. The molecule has 0 atom stereocenters. The second-order valence-corrected chi connectivity index (χ2v) is 4.77. The minimum atomic E-state index is 0.640. The minimum absolute atomic E-state index is 0.640. The summed E-state index contributed by atoms with van der Waals surface area (Å²) in [7, 11) is 0. The molecule has 1 aliphatic rings. The molecule has 0 spiro atoms. The van der Waals surface area contributed by atoms with Gasteiger partial charge < -0.3 is 14.6 Å². The Hall–Kier alpha value is -1.81. The van der Waals surface area contributed by atoms with E-state index in [-0.39, 0.29) is 0 Å². The highest BCUT2D eigenvalue weighted by atomic mass is 16.5. The molecule has 0 saturated heterocycles. The lowest BCUT2D eigenvalue weighted by atomic mass is 10.1. The van der Waals surface area contributed by atoms with Gasteiger partial charge >= 0.3 is 0 Å². The Morgan fingerprint density at radius 1 is 1.37 bits per heavy atom. The quantitative estimate of drug-likeness (QED) is 0.865. The van der Waals surface area contributed by atoms with E-state index in [1.165, 1.54) is 12.8 Å². The number of hydrogen-bond acceptors (Lipinski definition) is 4. The molecule has 2 aromatic rings. The number of rotatable bonds is 6. The molecule has 1 heterocycles. The summed E-state index contributed by atoms with van der Waals surface area (Å²) in [6.45, 7) is 3.38. The zero-order valence-corrected chi connectivity index (χ0v) is 11.1. The molecule has 3 rings (SSSR count). The number of hydrogen-bond donors (Lipinski definition) is 1. The molecule has 1 aromatic heterocycles. The summed E-state index contributed by atoms with van der Waals surface area (Å²) in [6, 6.07) is 10.5.